The van der Waals surface area contributed by atoms with Crippen LogP contribution in [0.15, 0.2) is 205 Å². The molecule has 0 amide bonds. The fourth-order valence-electron chi connectivity index (χ4n) is 8.56. The molecule has 1 atom stereocenters. The van der Waals surface area contributed by atoms with Gasteiger partial charge in [-0.05, 0) is 150 Å². The summed E-state index contributed by atoms with van der Waals surface area (Å²) >= 11 is 1.79. The molecule has 0 N–H and O–H groups in total. The molecule has 2 nitrogen and oxygen atoms in total. The van der Waals surface area contributed by atoms with Crippen molar-refractivity contribution in [2.45, 2.75) is 57.4 Å². The first-order valence-corrected chi connectivity index (χ1v) is 21.8. The third-order valence-corrected chi connectivity index (χ3v) is 12.7. The number of hydrogen-bond donors (Lipinski definition) is 0. The molecule has 0 saturated carbocycles. The van der Waals surface area contributed by atoms with E-state index < -0.39 is 0 Å². The first-order chi connectivity index (χ1) is 28.8. The van der Waals surface area contributed by atoms with Gasteiger partial charge in [0.1, 0.15) is 0 Å². The van der Waals surface area contributed by atoms with Crippen LogP contribution in [0.2, 0.25) is 0 Å². The van der Waals surface area contributed by atoms with E-state index in [0.29, 0.717) is 6.04 Å². The van der Waals surface area contributed by atoms with Crippen molar-refractivity contribution >= 4 is 55.6 Å². The van der Waals surface area contributed by atoms with Gasteiger partial charge in [0.05, 0.1) is 6.04 Å². The summed E-state index contributed by atoms with van der Waals surface area (Å²) in [6, 6.07) is 37.9. The van der Waals surface area contributed by atoms with Gasteiger partial charge in [0.15, 0.2) is 0 Å². The average molecular weight is 771 g/mol. The summed E-state index contributed by atoms with van der Waals surface area (Å²) in [4.78, 5) is 4.93. The summed E-state index contributed by atoms with van der Waals surface area (Å²) < 4.78 is 1.32. The summed E-state index contributed by atoms with van der Waals surface area (Å²) in [5.41, 5.74) is 14.5. The average Bonchev–Trinajstić information content (AvgIpc) is 3.52. The molecule has 1 aromatic heterocycles. The van der Waals surface area contributed by atoms with Crippen LogP contribution in [0.5, 0.6) is 0 Å². The highest BCUT2D eigenvalue weighted by atomic mass is 32.1. The van der Waals surface area contributed by atoms with E-state index in [-0.39, 0.29) is 0 Å². The summed E-state index contributed by atoms with van der Waals surface area (Å²) in [6.45, 7) is 0. The fourth-order valence-corrected chi connectivity index (χ4v) is 9.49. The van der Waals surface area contributed by atoms with Gasteiger partial charge in [0, 0.05) is 33.7 Å². The Bertz CT molecular complexity index is 2550. The minimum atomic E-state index is 0.351. The van der Waals surface area contributed by atoms with E-state index in [4.69, 9.17) is 0 Å². The lowest BCUT2D eigenvalue weighted by molar-refractivity contribution is 0.325. The van der Waals surface area contributed by atoms with Crippen molar-refractivity contribution in [2.75, 3.05) is 4.90 Å². The molecule has 286 valence electrons. The first kappa shape index (κ1) is 37.4. The van der Waals surface area contributed by atoms with Crippen molar-refractivity contribution < 1.29 is 0 Å². The predicted molar refractivity (Wildman–Crippen MR) is 252 cm³/mol. The van der Waals surface area contributed by atoms with E-state index in [1.165, 1.54) is 60.5 Å². The van der Waals surface area contributed by atoms with Crippen LogP contribution in [0.3, 0.4) is 0 Å². The Morgan fingerprint density at radius 2 is 1.28 bits per heavy atom. The molecule has 0 fully saturated rings. The lowest BCUT2D eigenvalue weighted by Crippen LogP contribution is -2.33. The Hall–Kier alpha value is -6.16. The molecular weight excluding hydrogens is 721 g/mol. The Balaban J connectivity index is 0.932. The number of rotatable bonds is 11. The number of hydrogen-bond acceptors (Lipinski definition) is 3. The van der Waals surface area contributed by atoms with Gasteiger partial charge in [0.2, 0.25) is 0 Å². The van der Waals surface area contributed by atoms with Crippen LogP contribution in [-0.2, 0) is 0 Å². The topological polar surface area (TPSA) is 6.48 Å². The van der Waals surface area contributed by atoms with Crippen LogP contribution in [-0.4, -0.2) is 10.9 Å². The van der Waals surface area contributed by atoms with E-state index in [0.717, 1.165) is 62.7 Å². The molecule has 1 heterocycles. The zero-order valence-corrected chi connectivity index (χ0v) is 33.9. The third-order valence-electron chi connectivity index (χ3n) is 11.7. The molecule has 4 aromatic carbocycles. The molecule has 0 saturated heterocycles. The maximum atomic E-state index is 2.66. The maximum absolute atomic E-state index is 2.66. The predicted octanol–water partition coefficient (Wildman–Crippen LogP) is 15.4. The van der Waals surface area contributed by atoms with E-state index in [2.05, 4.69) is 210 Å². The number of nitrogens with zero attached hydrogens (tertiary/aromatic N) is 2. The molecule has 0 radical (unpaired) electrons. The van der Waals surface area contributed by atoms with Gasteiger partial charge >= 0.3 is 0 Å². The van der Waals surface area contributed by atoms with E-state index in [9.17, 15) is 0 Å². The van der Waals surface area contributed by atoms with Crippen molar-refractivity contribution in [3.05, 3.63) is 227 Å². The molecule has 5 aromatic rings. The fraction of sp³-hybridized carbons (Fsp3) is 0.164. The summed E-state index contributed by atoms with van der Waals surface area (Å²) in [6.07, 6.45) is 42.9. The Labute approximate surface area is 348 Å². The standard InChI is InChI=1S/C55H50N2S/c1-2-8-21-51(20-7-1)57(52-36-30-46(31-37-52)44-26-24-43(25-27-44)42-15-5-3-6-16-42)53-38-32-47(33-39-53)45-28-34-50(35-29-45)56(49-18-9-4-10-19-49)40-14-13-17-48-41-58-55-23-12-11-22-54(48)55/h1-2,4-5,7,9-20,22-30,32,34-36,38,40-41,51H,3,6,8,21,31,33,37,39H2/b17-13-,40-14+. The number of thiophene rings is 1. The number of anilines is 2. The van der Waals surface area contributed by atoms with E-state index >= 15 is 0 Å². The van der Waals surface area contributed by atoms with Crippen molar-refractivity contribution in [3.63, 3.8) is 0 Å². The molecule has 0 bridgehead atoms. The highest BCUT2D eigenvalue weighted by molar-refractivity contribution is 7.17. The second kappa shape index (κ2) is 18.0. The number of para-hydroxylation sites is 1. The van der Waals surface area contributed by atoms with Gasteiger partial charge in [-0.25, -0.2) is 0 Å². The van der Waals surface area contributed by atoms with E-state index in [1.807, 2.05) is 0 Å². The Morgan fingerprint density at radius 3 is 1.98 bits per heavy atom. The van der Waals surface area contributed by atoms with Crippen molar-refractivity contribution in [1.29, 1.82) is 0 Å². The minimum Gasteiger partial charge on any atom is -0.342 e. The van der Waals surface area contributed by atoms with Crippen molar-refractivity contribution in [2.24, 2.45) is 0 Å². The monoisotopic (exact) mass is 770 g/mol. The summed E-state index contributed by atoms with van der Waals surface area (Å²) in [5, 5.41) is 3.54. The van der Waals surface area contributed by atoms with E-state index in [1.54, 1.807) is 11.3 Å². The van der Waals surface area contributed by atoms with Crippen LogP contribution in [0.25, 0.3) is 32.9 Å². The highest BCUT2D eigenvalue weighted by Gasteiger charge is 2.25. The Morgan fingerprint density at radius 1 is 0.586 bits per heavy atom. The largest absolute Gasteiger partial charge is 0.342 e. The molecule has 9 rings (SSSR count). The highest BCUT2D eigenvalue weighted by Crippen LogP contribution is 2.38. The normalized spacial score (nSPS) is 18.1. The zero-order valence-electron chi connectivity index (χ0n) is 33.1. The first-order valence-electron chi connectivity index (χ1n) is 20.9. The second-order valence-electron chi connectivity index (χ2n) is 15.4. The molecule has 1 unspecified atom stereocenters. The van der Waals surface area contributed by atoms with Gasteiger partial charge in [-0.3, -0.25) is 0 Å². The number of benzene rings is 4. The van der Waals surface area contributed by atoms with Gasteiger partial charge in [-0.1, -0.05) is 140 Å². The third kappa shape index (κ3) is 8.56. The maximum Gasteiger partial charge on any atom is 0.0521 e. The lowest BCUT2D eigenvalue weighted by atomic mass is 9.91. The van der Waals surface area contributed by atoms with Crippen molar-refractivity contribution in [1.82, 2.24) is 4.90 Å². The summed E-state index contributed by atoms with van der Waals surface area (Å²) in [5.74, 6) is 0. The quantitative estimate of drug-likeness (QED) is 0.123. The summed E-state index contributed by atoms with van der Waals surface area (Å²) in [7, 11) is 0. The smallest absolute Gasteiger partial charge is 0.0521 e. The molecule has 3 heteroatoms. The van der Waals surface area contributed by atoms with Crippen LogP contribution < -0.4 is 4.90 Å². The second-order valence-corrected chi connectivity index (χ2v) is 16.3. The van der Waals surface area contributed by atoms with Crippen LogP contribution in [0.4, 0.5) is 11.4 Å². The van der Waals surface area contributed by atoms with Crippen LogP contribution in [0.1, 0.15) is 73.6 Å². The molecule has 0 spiro atoms. The molecule has 0 aliphatic heterocycles. The SMILES string of the molecule is C1=CCCC(N(C2=CC=C(c3ccc(C4=CCCC=C4)cc3)CC2)C2=CC=C(c3ccc(N(/C=C/C=C\c4csc5ccccc45)c4ccccc4)cc3)CC2)C=C1. The molecular formula is C55H50N2S. The molecule has 58 heavy (non-hydrogen) atoms. The zero-order chi connectivity index (χ0) is 38.9. The lowest BCUT2D eigenvalue weighted by Gasteiger charge is -2.38. The number of allylic oxidation sites excluding steroid dienone is 17. The van der Waals surface area contributed by atoms with Gasteiger partial charge in [-0.2, -0.15) is 0 Å². The molecule has 4 aliphatic carbocycles. The van der Waals surface area contributed by atoms with Gasteiger partial charge in [0.25, 0.3) is 0 Å². The van der Waals surface area contributed by atoms with Crippen molar-refractivity contribution in [3.8, 4) is 0 Å². The van der Waals surface area contributed by atoms with Crippen LogP contribution in [0, 0.1) is 0 Å². The van der Waals surface area contributed by atoms with Gasteiger partial charge < -0.3 is 9.80 Å². The Kier molecular flexibility index (Phi) is 11.6. The van der Waals surface area contributed by atoms with Crippen LogP contribution >= 0.6 is 11.3 Å². The molecule has 4 aliphatic rings. The van der Waals surface area contributed by atoms with Gasteiger partial charge in [-0.15, -0.1) is 11.3 Å². The minimum absolute atomic E-state index is 0.351. The number of fused-ring (bicyclic) bond motifs is 1.